The van der Waals surface area contributed by atoms with Gasteiger partial charge in [-0.3, -0.25) is 4.79 Å². The van der Waals surface area contributed by atoms with E-state index in [1.165, 1.54) is 16.9 Å². The second-order valence-corrected chi connectivity index (χ2v) is 6.16. The van der Waals surface area contributed by atoms with Crippen LogP contribution in [-0.4, -0.2) is 16.9 Å². The summed E-state index contributed by atoms with van der Waals surface area (Å²) in [5.41, 5.74) is 7.81. The van der Waals surface area contributed by atoms with Crippen LogP contribution in [0.2, 0.25) is 0 Å². The molecule has 0 saturated heterocycles. The first-order valence-corrected chi connectivity index (χ1v) is 7.90. The Morgan fingerprint density at radius 3 is 3.00 bits per heavy atom. The molecule has 1 aliphatic rings. The van der Waals surface area contributed by atoms with Crippen molar-refractivity contribution >= 4 is 33.9 Å². The van der Waals surface area contributed by atoms with E-state index < -0.39 is 0 Å². The quantitative estimate of drug-likeness (QED) is 0.793. The van der Waals surface area contributed by atoms with Gasteiger partial charge in [0.15, 0.2) is 5.13 Å². The van der Waals surface area contributed by atoms with Gasteiger partial charge in [-0.05, 0) is 37.0 Å². The van der Waals surface area contributed by atoms with Crippen molar-refractivity contribution in [3.63, 3.8) is 0 Å². The molecule has 0 spiro atoms. The minimum absolute atomic E-state index is 0.206. The number of aryl methyl sites for hydroxylation is 1. The number of hydrogen-bond donors (Lipinski definition) is 3. The summed E-state index contributed by atoms with van der Waals surface area (Å²) in [6, 6.07) is 8.31. The number of rotatable bonds is 5. The SMILES string of the molecule is CCc1cccc(NC(=O)c2sc(NC3CC3)nc2N)c1. The predicted molar refractivity (Wildman–Crippen MR) is 86.9 cm³/mol. The van der Waals surface area contributed by atoms with Gasteiger partial charge >= 0.3 is 0 Å². The zero-order chi connectivity index (χ0) is 14.8. The maximum atomic E-state index is 12.3. The van der Waals surface area contributed by atoms with Crippen molar-refractivity contribution < 1.29 is 4.79 Å². The molecule has 2 aromatic rings. The van der Waals surface area contributed by atoms with Crippen molar-refractivity contribution in [3.05, 3.63) is 34.7 Å². The van der Waals surface area contributed by atoms with E-state index in [9.17, 15) is 4.79 Å². The van der Waals surface area contributed by atoms with Gasteiger partial charge in [-0.15, -0.1) is 0 Å². The lowest BCUT2D eigenvalue weighted by molar-refractivity contribution is 0.103. The summed E-state index contributed by atoms with van der Waals surface area (Å²) in [5.74, 6) is 0.0781. The van der Waals surface area contributed by atoms with Crippen molar-refractivity contribution in [1.82, 2.24) is 4.98 Å². The first-order valence-electron chi connectivity index (χ1n) is 7.09. The number of benzene rings is 1. The Morgan fingerprint density at radius 1 is 1.48 bits per heavy atom. The Kier molecular flexibility index (Phi) is 3.79. The summed E-state index contributed by atoms with van der Waals surface area (Å²) in [6.45, 7) is 2.08. The number of nitrogens with zero attached hydrogens (tertiary/aromatic N) is 1. The van der Waals surface area contributed by atoms with Crippen LogP contribution >= 0.6 is 11.3 Å². The van der Waals surface area contributed by atoms with Crippen LogP contribution < -0.4 is 16.4 Å². The van der Waals surface area contributed by atoms with Gasteiger partial charge in [0.05, 0.1) is 0 Å². The lowest BCUT2D eigenvalue weighted by atomic mass is 10.1. The number of thiazole rings is 1. The number of carbonyl (C=O) groups excluding carboxylic acids is 1. The van der Waals surface area contributed by atoms with Gasteiger partial charge in [0, 0.05) is 11.7 Å². The molecule has 4 N–H and O–H groups in total. The monoisotopic (exact) mass is 302 g/mol. The third-order valence-corrected chi connectivity index (χ3v) is 4.36. The minimum Gasteiger partial charge on any atom is -0.382 e. The van der Waals surface area contributed by atoms with Crippen LogP contribution in [0.25, 0.3) is 0 Å². The third-order valence-electron chi connectivity index (χ3n) is 3.36. The largest absolute Gasteiger partial charge is 0.382 e. The number of anilines is 3. The molecule has 1 heterocycles. The van der Waals surface area contributed by atoms with Crippen molar-refractivity contribution in [2.24, 2.45) is 0 Å². The summed E-state index contributed by atoms with van der Waals surface area (Å²) >= 11 is 1.31. The van der Waals surface area contributed by atoms with E-state index in [0.29, 0.717) is 10.9 Å². The molecule has 1 aliphatic carbocycles. The molecule has 0 unspecified atom stereocenters. The molecule has 6 heteroatoms. The van der Waals surface area contributed by atoms with Gasteiger partial charge in [-0.2, -0.15) is 0 Å². The lowest BCUT2D eigenvalue weighted by Crippen LogP contribution is -2.12. The van der Waals surface area contributed by atoms with Gasteiger partial charge in [0.25, 0.3) is 5.91 Å². The zero-order valence-corrected chi connectivity index (χ0v) is 12.7. The number of carbonyl (C=O) groups is 1. The standard InChI is InChI=1S/C15H18N4OS/c1-2-9-4-3-5-11(8-9)17-14(20)12-13(16)19-15(21-12)18-10-6-7-10/h3-5,8,10H,2,6-7,16H2,1H3,(H,17,20)(H,18,19). The van der Waals surface area contributed by atoms with Crippen molar-refractivity contribution in [2.75, 3.05) is 16.4 Å². The number of aromatic nitrogens is 1. The Bertz CT molecular complexity index is 663. The fraction of sp³-hybridized carbons (Fsp3) is 0.333. The summed E-state index contributed by atoms with van der Waals surface area (Å²) in [4.78, 5) is 17.0. The Morgan fingerprint density at radius 2 is 2.29 bits per heavy atom. The van der Waals surface area contributed by atoms with E-state index in [1.807, 2.05) is 24.3 Å². The summed E-state index contributed by atoms with van der Waals surface area (Å²) in [7, 11) is 0. The van der Waals surface area contributed by atoms with Crippen LogP contribution in [0.5, 0.6) is 0 Å². The number of hydrogen-bond acceptors (Lipinski definition) is 5. The van der Waals surface area contributed by atoms with Gasteiger partial charge in [0.1, 0.15) is 10.7 Å². The smallest absolute Gasteiger partial charge is 0.269 e. The first-order chi connectivity index (χ1) is 10.2. The van der Waals surface area contributed by atoms with Gasteiger partial charge in [0.2, 0.25) is 0 Å². The molecule has 1 saturated carbocycles. The molecule has 21 heavy (non-hydrogen) atoms. The van der Waals surface area contributed by atoms with Gasteiger partial charge in [-0.25, -0.2) is 4.98 Å². The highest BCUT2D eigenvalue weighted by molar-refractivity contribution is 7.18. The van der Waals surface area contributed by atoms with Crippen LogP contribution in [0.3, 0.4) is 0 Å². The highest BCUT2D eigenvalue weighted by Gasteiger charge is 2.24. The second kappa shape index (κ2) is 5.73. The van der Waals surface area contributed by atoms with Crippen LogP contribution in [0.1, 0.15) is 35.0 Å². The van der Waals surface area contributed by atoms with Crippen LogP contribution in [-0.2, 0) is 6.42 Å². The molecule has 0 radical (unpaired) electrons. The fourth-order valence-electron chi connectivity index (χ4n) is 2.02. The first kappa shape index (κ1) is 13.9. The molecule has 1 amide bonds. The molecule has 1 aromatic carbocycles. The summed E-state index contributed by atoms with van der Waals surface area (Å²) in [5, 5.41) is 6.87. The van der Waals surface area contributed by atoms with E-state index >= 15 is 0 Å². The number of nitrogens with two attached hydrogens (primary N) is 1. The van der Waals surface area contributed by atoms with E-state index in [1.54, 1.807) is 0 Å². The maximum absolute atomic E-state index is 12.3. The molecule has 110 valence electrons. The topological polar surface area (TPSA) is 80.0 Å². The summed E-state index contributed by atoms with van der Waals surface area (Å²) < 4.78 is 0. The Hall–Kier alpha value is -2.08. The lowest BCUT2D eigenvalue weighted by Gasteiger charge is -2.05. The number of nitrogen functional groups attached to an aromatic ring is 1. The third kappa shape index (κ3) is 3.33. The highest BCUT2D eigenvalue weighted by Crippen LogP contribution is 2.31. The Labute approximate surface area is 127 Å². The van der Waals surface area contributed by atoms with Crippen molar-refractivity contribution in [3.8, 4) is 0 Å². The Balaban J connectivity index is 1.73. The minimum atomic E-state index is -0.206. The predicted octanol–water partition coefficient (Wildman–Crippen LogP) is 3.11. The molecule has 0 aliphatic heterocycles. The van der Waals surface area contributed by atoms with Crippen LogP contribution in [0.4, 0.5) is 16.6 Å². The van der Waals surface area contributed by atoms with E-state index in [-0.39, 0.29) is 11.7 Å². The molecule has 5 nitrogen and oxygen atoms in total. The van der Waals surface area contributed by atoms with Crippen molar-refractivity contribution in [1.29, 1.82) is 0 Å². The molecule has 3 rings (SSSR count). The molecular formula is C15H18N4OS. The van der Waals surface area contributed by atoms with E-state index in [4.69, 9.17) is 5.73 Å². The molecule has 0 bridgehead atoms. The summed E-state index contributed by atoms with van der Waals surface area (Å²) in [6.07, 6.45) is 3.25. The average Bonchev–Trinajstić information content (AvgIpc) is 3.20. The van der Waals surface area contributed by atoms with E-state index in [2.05, 4.69) is 22.5 Å². The molecular weight excluding hydrogens is 284 g/mol. The fourth-order valence-corrected chi connectivity index (χ4v) is 2.87. The van der Waals surface area contributed by atoms with Crippen molar-refractivity contribution in [2.45, 2.75) is 32.2 Å². The maximum Gasteiger partial charge on any atom is 0.269 e. The van der Waals surface area contributed by atoms with Crippen LogP contribution in [0, 0.1) is 0 Å². The van der Waals surface area contributed by atoms with E-state index in [0.717, 1.165) is 30.1 Å². The van der Waals surface area contributed by atoms with Gasteiger partial charge in [-0.1, -0.05) is 30.4 Å². The number of amides is 1. The molecule has 1 aromatic heterocycles. The number of nitrogens with one attached hydrogen (secondary N) is 2. The average molecular weight is 302 g/mol. The zero-order valence-electron chi connectivity index (χ0n) is 11.8. The van der Waals surface area contributed by atoms with Gasteiger partial charge < -0.3 is 16.4 Å². The molecule has 0 atom stereocenters. The highest BCUT2D eigenvalue weighted by atomic mass is 32.1. The molecule has 1 fully saturated rings. The normalized spacial score (nSPS) is 14.0. The second-order valence-electron chi connectivity index (χ2n) is 5.16. The van der Waals surface area contributed by atoms with Crippen LogP contribution in [0.15, 0.2) is 24.3 Å².